The van der Waals surface area contributed by atoms with Crippen molar-refractivity contribution in [3.05, 3.63) is 32.6 Å². The lowest BCUT2D eigenvalue weighted by atomic mass is 10.00. The smallest absolute Gasteiger partial charge is 0.330 e. The summed E-state index contributed by atoms with van der Waals surface area (Å²) in [5, 5.41) is 19.3. The van der Waals surface area contributed by atoms with Gasteiger partial charge in [0.1, 0.15) is 25.0 Å². The predicted molar refractivity (Wildman–Crippen MR) is 71.8 cm³/mol. The fraction of sp³-hybridized carbons (Fsp3) is 0.538. The number of aryl methyl sites for hydroxylation is 1. The number of carbonyl (C=O) groups excluding carboxylic acids is 1. The Labute approximate surface area is 124 Å². The highest BCUT2D eigenvalue weighted by molar-refractivity contribution is 5.66. The van der Waals surface area contributed by atoms with E-state index in [4.69, 9.17) is 9.47 Å². The number of nitrogens with zero attached hydrogens (tertiary/aromatic N) is 2. The number of nitriles is 1. The minimum absolute atomic E-state index is 0.0553. The minimum atomic E-state index is -1.75. The Morgan fingerprint density at radius 2 is 2.36 bits per heavy atom. The summed E-state index contributed by atoms with van der Waals surface area (Å²) in [6, 6.07) is 1.79. The van der Waals surface area contributed by atoms with E-state index in [1.807, 2.05) is 0 Å². The van der Waals surface area contributed by atoms with Crippen LogP contribution in [0.3, 0.4) is 0 Å². The maximum absolute atomic E-state index is 11.8. The zero-order valence-corrected chi connectivity index (χ0v) is 12.0. The van der Waals surface area contributed by atoms with E-state index in [1.54, 1.807) is 6.07 Å². The number of hydrogen-bond acceptors (Lipinski definition) is 7. The summed E-state index contributed by atoms with van der Waals surface area (Å²) in [4.78, 5) is 36.2. The molecule has 0 aliphatic carbocycles. The van der Waals surface area contributed by atoms with E-state index in [0.29, 0.717) is 0 Å². The van der Waals surface area contributed by atoms with E-state index in [0.717, 1.165) is 4.57 Å². The molecule has 3 atom stereocenters. The van der Waals surface area contributed by atoms with Crippen molar-refractivity contribution in [1.82, 2.24) is 9.55 Å². The van der Waals surface area contributed by atoms with E-state index in [1.165, 1.54) is 20.0 Å². The maximum atomic E-state index is 11.8. The molecule has 1 fully saturated rings. The van der Waals surface area contributed by atoms with Crippen molar-refractivity contribution < 1.29 is 19.4 Å². The van der Waals surface area contributed by atoms with Crippen LogP contribution >= 0.6 is 0 Å². The molecule has 9 nitrogen and oxygen atoms in total. The molecule has 0 radical (unpaired) electrons. The van der Waals surface area contributed by atoms with E-state index < -0.39 is 41.8 Å². The summed E-state index contributed by atoms with van der Waals surface area (Å²) in [7, 11) is 0. The number of esters is 1. The van der Waals surface area contributed by atoms with E-state index in [-0.39, 0.29) is 12.0 Å². The predicted octanol–water partition coefficient (Wildman–Crippen LogP) is -1.05. The molecule has 0 amide bonds. The molecular weight excluding hydrogens is 294 g/mol. The van der Waals surface area contributed by atoms with Crippen molar-refractivity contribution in [3.63, 3.8) is 0 Å². The highest BCUT2D eigenvalue weighted by Crippen LogP contribution is 2.36. The van der Waals surface area contributed by atoms with Gasteiger partial charge < -0.3 is 14.6 Å². The summed E-state index contributed by atoms with van der Waals surface area (Å²) in [5.74, 6) is -0.620. The molecule has 1 unspecified atom stereocenters. The number of aliphatic hydroxyl groups excluding tert-OH is 1. The van der Waals surface area contributed by atoms with E-state index in [2.05, 4.69) is 4.98 Å². The topological polar surface area (TPSA) is 134 Å². The van der Waals surface area contributed by atoms with E-state index in [9.17, 15) is 24.8 Å². The number of nitrogens with one attached hydrogen (secondary N) is 1. The number of carbonyl (C=O) groups is 1. The standard InChI is InChI=1S/C13H15N3O6/c1-7-4-16(12(20)15-11(7)19)10-3-9(18)13(5-14,22-10)6-21-8(2)17/h4,9-10,18H,3,6H2,1-2H3,(H,15,19,20)/t9?,10-,13-/m1/s1. The number of aromatic nitrogens is 2. The van der Waals surface area contributed by atoms with Crippen LogP contribution in [0.4, 0.5) is 0 Å². The molecule has 22 heavy (non-hydrogen) atoms. The molecule has 2 heterocycles. The van der Waals surface area contributed by atoms with Crippen LogP contribution in [0.15, 0.2) is 15.8 Å². The van der Waals surface area contributed by atoms with Gasteiger partial charge >= 0.3 is 11.7 Å². The van der Waals surface area contributed by atoms with Gasteiger partial charge in [-0.2, -0.15) is 5.26 Å². The summed E-state index contributed by atoms with van der Waals surface area (Å²) >= 11 is 0. The third kappa shape index (κ3) is 2.79. The Kier molecular flexibility index (Phi) is 4.16. The summed E-state index contributed by atoms with van der Waals surface area (Å²) in [6.45, 7) is 2.23. The molecule has 0 bridgehead atoms. The summed E-state index contributed by atoms with van der Waals surface area (Å²) in [6.07, 6.45) is -0.966. The zero-order chi connectivity index (χ0) is 16.5. The normalized spacial score (nSPS) is 27.4. The number of aromatic amines is 1. The number of ether oxygens (including phenoxy) is 2. The van der Waals surface area contributed by atoms with Crippen LogP contribution in [0.5, 0.6) is 0 Å². The number of rotatable bonds is 3. The Morgan fingerprint density at radius 1 is 1.68 bits per heavy atom. The van der Waals surface area contributed by atoms with Gasteiger partial charge in [-0.1, -0.05) is 0 Å². The number of aliphatic hydroxyl groups is 1. The molecule has 2 rings (SSSR count). The molecule has 1 aliphatic heterocycles. The average Bonchev–Trinajstić information content (AvgIpc) is 2.78. The van der Waals surface area contributed by atoms with Crippen molar-refractivity contribution in [3.8, 4) is 6.07 Å². The first-order valence-electron chi connectivity index (χ1n) is 6.51. The molecule has 0 saturated carbocycles. The fourth-order valence-electron chi connectivity index (χ4n) is 2.19. The molecule has 0 spiro atoms. The lowest BCUT2D eigenvalue weighted by Crippen LogP contribution is -2.43. The highest BCUT2D eigenvalue weighted by Gasteiger charge is 2.50. The molecule has 9 heteroatoms. The average molecular weight is 309 g/mol. The Bertz CT molecular complexity index is 745. The minimum Gasteiger partial charge on any atom is -0.462 e. The van der Waals surface area contributed by atoms with Gasteiger partial charge in [-0.15, -0.1) is 0 Å². The molecule has 2 N–H and O–H groups in total. The monoisotopic (exact) mass is 309 g/mol. The quantitative estimate of drug-likeness (QED) is 0.680. The van der Waals surface area contributed by atoms with Gasteiger partial charge in [0.15, 0.2) is 0 Å². The molecule has 1 aromatic heterocycles. The van der Waals surface area contributed by atoms with Gasteiger partial charge in [-0.05, 0) is 6.92 Å². The van der Waals surface area contributed by atoms with Crippen LogP contribution in [0.1, 0.15) is 25.1 Å². The number of H-pyrrole nitrogens is 1. The Balaban J connectivity index is 2.32. The molecule has 1 aliphatic rings. The molecule has 1 saturated heterocycles. The molecule has 118 valence electrons. The summed E-state index contributed by atoms with van der Waals surface area (Å²) in [5.41, 5.74) is -2.70. The first-order chi connectivity index (χ1) is 10.3. The zero-order valence-electron chi connectivity index (χ0n) is 12.0. The molecule has 0 aromatic carbocycles. The Hall–Kier alpha value is -2.44. The van der Waals surface area contributed by atoms with Gasteiger partial charge in [-0.25, -0.2) is 4.79 Å². The van der Waals surface area contributed by atoms with E-state index >= 15 is 0 Å². The van der Waals surface area contributed by atoms with Crippen molar-refractivity contribution in [2.45, 2.75) is 38.2 Å². The van der Waals surface area contributed by atoms with Crippen LogP contribution in [0.25, 0.3) is 0 Å². The van der Waals surface area contributed by atoms with Crippen LogP contribution in [-0.4, -0.2) is 38.9 Å². The fourth-order valence-corrected chi connectivity index (χ4v) is 2.19. The molecular formula is C13H15N3O6. The largest absolute Gasteiger partial charge is 0.462 e. The number of hydrogen-bond donors (Lipinski definition) is 2. The lowest BCUT2D eigenvalue weighted by molar-refractivity contribution is -0.154. The Morgan fingerprint density at radius 3 is 2.95 bits per heavy atom. The highest BCUT2D eigenvalue weighted by atomic mass is 16.6. The SMILES string of the molecule is CC(=O)OC[C@@]1(C#N)O[C@@H](n2cc(C)c(=O)[nH]c2=O)CC1O. The van der Waals surface area contributed by atoms with Gasteiger partial charge in [0.2, 0.25) is 5.60 Å². The second kappa shape index (κ2) is 5.75. The van der Waals surface area contributed by atoms with Crippen LogP contribution in [-0.2, 0) is 14.3 Å². The van der Waals surface area contributed by atoms with Gasteiger partial charge in [0.05, 0.1) is 0 Å². The van der Waals surface area contributed by atoms with Gasteiger partial charge in [0.25, 0.3) is 5.56 Å². The summed E-state index contributed by atoms with van der Waals surface area (Å²) < 4.78 is 11.3. The van der Waals surface area contributed by atoms with Crippen molar-refractivity contribution >= 4 is 5.97 Å². The van der Waals surface area contributed by atoms with Crippen molar-refractivity contribution in [2.75, 3.05) is 6.61 Å². The molecule has 1 aromatic rings. The van der Waals surface area contributed by atoms with Crippen LogP contribution in [0.2, 0.25) is 0 Å². The third-order valence-corrected chi connectivity index (χ3v) is 3.44. The lowest BCUT2D eigenvalue weighted by Gasteiger charge is -2.23. The van der Waals surface area contributed by atoms with Crippen LogP contribution in [0, 0.1) is 18.3 Å². The maximum Gasteiger partial charge on any atom is 0.330 e. The van der Waals surface area contributed by atoms with Gasteiger partial charge in [0, 0.05) is 25.1 Å². The first-order valence-corrected chi connectivity index (χ1v) is 6.51. The van der Waals surface area contributed by atoms with Crippen LogP contribution < -0.4 is 11.2 Å². The second-order valence-electron chi connectivity index (χ2n) is 5.08. The van der Waals surface area contributed by atoms with Crippen molar-refractivity contribution in [2.24, 2.45) is 0 Å². The third-order valence-electron chi connectivity index (χ3n) is 3.44. The second-order valence-corrected chi connectivity index (χ2v) is 5.08. The van der Waals surface area contributed by atoms with Crippen molar-refractivity contribution in [1.29, 1.82) is 5.26 Å². The first kappa shape index (κ1) is 15.9. The van der Waals surface area contributed by atoms with Gasteiger partial charge in [-0.3, -0.25) is 19.1 Å².